The molecule has 1 aromatic rings. The summed E-state index contributed by atoms with van der Waals surface area (Å²) in [6.07, 6.45) is 6.94. The van der Waals surface area contributed by atoms with Crippen LogP contribution in [0.15, 0.2) is 18.2 Å². The lowest BCUT2D eigenvalue weighted by molar-refractivity contribution is -0.116. The van der Waals surface area contributed by atoms with E-state index in [1.54, 1.807) is 0 Å². The Bertz CT molecular complexity index is 436. The van der Waals surface area contributed by atoms with Crippen molar-refractivity contribution in [2.45, 2.75) is 52.0 Å². The van der Waals surface area contributed by atoms with Gasteiger partial charge in [-0.2, -0.15) is 0 Å². The highest BCUT2D eigenvalue weighted by atomic mass is 16.1. The van der Waals surface area contributed by atoms with Crippen LogP contribution >= 0.6 is 0 Å². The molecule has 0 unspecified atom stereocenters. The highest BCUT2D eigenvalue weighted by Gasteiger charge is 2.16. The molecule has 0 aliphatic heterocycles. The number of carbonyl (C=O) groups is 1. The van der Waals surface area contributed by atoms with E-state index in [9.17, 15) is 4.79 Å². The zero-order valence-electron chi connectivity index (χ0n) is 11.7. The number of benzene rings is 1. The minimum absolute atomic E-state index is 0.129. The Morgan fingerprint density at radius 2 is 2.11 bits per heavy atom. The summed E-state index contributed by atoms with van der Waals surface area (Å²) in [6, 6.07) is 5.99. The molecule has 0 saturated heterocycles. The first-order valence-electron chi connectivity index (χ1n) is 7.28. The van der Waals surface area contributed by atoms with Crippen molar-refractivity contribution in [3.63, 3.8) is 0 Å². The van der Waals surface area contributed by atoms with E-state index in [-0.39, 0.29) is 5.91 Å². The van der Waals surface area contributed by atoms with Crippen molar-refractivity contribution in [1.29, 1.82) is 0 Å². The van der Waals surface area contributed by atoms with Crippen LogP contribution in [-0.4, -0.2) is 5.91 Å². The highest BCUT2D eigenvalue weighted by molar-refractivity contribution is 5.91. The van der Waals surface area contributed by atoms with E-state index in [1.807, 2.05) is 25.1 Å². The lowest BCUT2D eigenvalue weighted by Gasteiger charge is -2.12. The van der Waals surface area contributed by atoms with E-state index in [2.05, 4.69) is 5.32 Å². The second-order valence-corrected chi connectivity index (χ2v) is 5.59. The monoisotopic (exact) mass is 260 g/mol. The zero-order chi connectivity index (χ0) is 13.7. The number of hydrogen-bond acceptors (Lipinski definition) is 2. The van der Waals surface area contributed by atoms with Crippen molar-refractivity contribution >= 4 is 11.6 Å². The summed E-state index contributed by atoms with van der Waals surface area (Å²) in [5, 5.41) is 3.01. The Kier molecular flexibility index (Phi) is 4.97. The fourth-order valence-electron chi connectivity index (χ4n) is 2.78. The number of hydrogen-bond donors (Lipinski definition) is 2. The van der Waals surface area contributed by atoms with E-state index in [0.29, 0.717) is 13.0 Å². The number of nitrogens with one attached hydrogen (secondary N) is 1. The first kappa shape index (κ1) is 14.1. The lowest BCUT2D eigenvalue weighted by atomic mass is 10.0. The molecule has 1 amide bonds. The molecule has 1 aliphatic carbocycles. The number of amides is 1. The Labute approximate surface area is 115 Å². The second-order valence-electron chi connectivity index (χ2n) is 5.59. The average molecular weight is 260 g/mol. The largest absolute Gasteiger partial charge is 0.326 e. The molecule has 0 heterocycles. The zero-order valence-corrected chi connectivity index (χ0v) is 11.7. The van der Waals surface area contributed by atoms with Gasteiger partial charge in [0.05, 0.1) is 0 Å². The van der Waals surface area contributed by atoms with Gasteiger partial charge in [-0.15, -0.1) is 0 Å². The van der Waals surface area contributed by atoms with Gasteiger partial charge in [-0.1, -0.05) is 37.8 Å². The van der Waals surface area contributed by atoms with E-state index in [4.69, 9.17) is 5.73 Å². The van der Waals surface area contributed by atoms with Crippen molar-refractivity contribution in [1.82, 2.24) is 0 Å². The van der Waals surface area contributed by atoms with E-state index in [1.165, 1.54) is 25.7 Å². The lowest BCUT2D eigenvalue weighted by Crippen LogP contribution is -2.14. The van der Waals surface area contributed by atoms with Crippen molar-refractivity contribution in [2.75, 3.05) is 5.32 Å². The number of anilines is 1. The Morgan fingerprint density at radius 1 is 1.37 bits per heavy atom. The summed E-state index contributed by atoms with van der Waals surface area (Å²) >= 11 is 0. The molecule has 1 aromatic carbocycles. The van der Waals surface area contributed by atoms with Gasteiger partial charge >= 0.3 is 0 Å². The third-order valence-electron chi connectivity index (χ3n) is 4.07. The van der Waals surface area contributed by atoms with Crippen LogP contribution in [0.25, 0.3) is 0 Å². The molecule has 3 heteroatoms. The van der Waals surface area contributed by atoms with Crippen LogP contribution in [-0.2, 0) is 11.3 Å². The van der Waals surface area contributed by atoms with E-state index >= 15 is 0 Å². The second kappa shape index (κ2) is 6.71. The molecule has 0 atom stereocenters. The molecule has 0 aromatic heterocycles. The topological polar surface area (TPSA) is 55.1 Å². The number of carbonyl (C=O) groups excluding carboxylic acids is 1. The predicted octanol–water partition coefficient (Wildman–Crippen LogP) is 3.36. The van der Waals surface area contributed by atoms with Crippen LogP contribution in [0.1, 0.15) is 49.7 Å². The van der Waals surface area contributed by atoms with Crippen LogP contribution in [0.2, 0.25) is 0 Å². The predicted molar refractivity (Wildman–Crippen MR) is 78.9 cm³/mol. The molecule has 1 aliphatic rings. The number of rotatable bonds is 5. The Morgan fingerprint density at radius 3 is 2.79 bits per heavy atom. The standard InChI is InChI=1S/C16H24N2O/c1-12-6-7-14(11-17)10-15(12)18-16(19)9-8-13-4-2-3-5-13/h6-7,10,13H,2-5,8-9,11,17H2,1H3,(H,18,19). The van der Waals surface area contributed by atoms with Gasteiger partial charge < -0.3 is 11.1 Å². The van der Waals surface area contributed by atoms with Gasteiger partial charge in [0.1, 0.15) is 0 Å². The first-order valence-corrected chi connectivity index (χ1v) is 7.28. The molecule has 3 nitrogen and oxygen atoms in total. The van der Waals surface area contributed by atoms with Gasteiger partial charge in [0, 0.05) is 18.7 Å². The van der Waals surface area contributed by atoms with Crippen LogP contribution < -0.4 is 11.1 Å². The maximum absolute atomic E-state index is 12.0. The van der Waals surface area contributed by atoms with Gasteiger partial charge in [-0.3, -0.25) is 4.79 Å². The van der Waals surface area contributed by atoms with Crippen molar-refractivity contribution in [3.05, 3.63) is 29.3 Å². The van der Waals surface area contributed by atoms with Crippen molar-refractivity contribution in [3.8, 4) is 0 Å². The van der Waals surface area contributed by atoms with Crippen LogP contribution in [0.4, 0.5) is 5.69 Å². The normalized spacial score (nSPS) is 15.7. The van der Waals surface area contributed by atoms with Crippen molar-refractivity contribution in [2.24, 2.45) is 11.7 Å². The van der Waals surface area contributed by atoms with Crippen LogP contribution in [0.5, 0.6) is 0 Å². The highest BCUT2D eigenvalue weighted by Crippen LogP contribution is 2.28. The van der Waals surface area contributed by atoms with Crippen LogP contribution in [0.3, 0.4) is 0 Å². The van der Waals surface area contributed by atoms with E-state index < -0.39 is 0 Å². The Balaban J connectivity index is 1.87. The van der Waals surface area contributed by atoms with Gasteiger partial charge in [0.25, 0.3) is 0 Å². The summed E-state index contributed by atoms with van der Waals surface area (Å²) in [5.41, 5.74) is 8.67. The molecule has 104 valence electrons. The van der Waals surface area contributed by atoms with E-state index in [0.717, 1.165) is 29.2 Å². The van der Waals surface area contributed by atoms with Gasteiger partial charge in [0.15, 0.2) is 0 Å². The first-order chi connectivity index (χ1) is 9.19. The molecule has 19 heavy (non-hydrogen) atoms. The third kappa shape index (κ3) is 4.06. The molecule has 1 fully saturated rings. The number of aryl methyl sites for hydroxylation is 1. The maximum atomic E-state index is 12.0. The van der Waals surface area contributed by atoms with Gasteiger partial charge in [-0.25, -0.2) is 0 Å². The summed E-state index contributed by atoms with van der Waals surface area (Å²) in [5.74, 6) is 0.895. The molecule has 0 spiro atoms. The SMILES string of the molecule is Cc1ccc(CN)cc1NC(=O)CCC1CCCC1. The molecule has 2 rings (SSSR count). The minimum atomic E-state index is 0.129. The smallest absolute Gasteiger partial charge is 0.224 e. The Hall–Kier alpha value is -1.35. The fourth-order valence-corrected chi connectivity index (χ4v) is 2.78. The van der Waals surface area contributed by atoms with Crippen molar-refractivity contribution < 1.29 is 4.79 Å². The van der Waals surface area contributed by atoms with Gasteiger partial charge in [-0.05, 0) is 36.5 Å². The molecule has 0 radical (unpaired) electrons. The summed E-state index contributed by atoms with van der Waals surface area (Å²) in [4.78, 5) is 12.0. The van der Waals surface area contributed by atoms with Gasteiger partial charge in [0.2, 0.25) is 5.91 Å². The molecular formula is C16H24N2O. The fraction of sp³-hybridized carbons (Fsp3) is 0.562. The number of nitrogens with two attached hydrogens (primary N) is 1. The molecule has 0 bridgehead atoms. The molecule has 3 N–H and O–H groups in total. The summed E-state index contributed by atoms with van der Waals surface area (Å²) in [7, 11) is 0. The molecular weight excluding hydrogens is 236 g/mol. The van der Waals surface area contributed by atoms with Crippen LogP contribution in [0, 0.1) is 12.8 Å². The quantitative estimate of drug-likeness (QED) is 0.853. The maximum Gasteiger partial charge on any atom is 0.224 e. The summed E-state index contributed by atoms with van der Waals surface area (Å²) < 4.78 is 0. The minimum Gasteiger partial charge on any atom is -0.326 e. The average Bonchev–Trinajstić information content (AvgIpc) is 2.92. The summed E-state index contributed by atoms with van der Waals surface area (Å²) in [6.45, 7) is 2.51. The molecule has 1 saturated carbocycles. The third-order valence-corrected chi connectivity index (χ3v) is 4.07.